The molecule has 1 aromatic heterocycles. The van der Waals surface area contributed by atoms with Crippen molar-refractivity contribution >= 4 is 16.9 Å². The SMILES string of the molecule is CCOC(=O)CC(O)Cn1ncc(=O)c2ccccc21. The Morgan fingerprint density at radius 2 is 2.20 bits per heavy atom. The molecule has 2 rings (SSSR count). The Hall–Kier alpha value is -2.21. The number of hydrogen-bond donors (Lipinski definition) is 1. The molecule has 0 radical (unpaired) electrons. The van der Waals surface area contributed by atoms with Crippen LogP contribution in [0.3, 0.4) is 0 Å². The normalized spacial score (nSPS) is 12.3. The van der Waals surface area contributed by atoms with E-state index in [0.29, 0.717) is 10.9 Å². The number of aliphatic hydroxyl groups excluding tert-OH is 1. The molecule has 0 bridgehead atoms. The molecule has 0 spiro atoms. The van der Waals surface area contributed by atoms with Crippen LogP contribution in [0.5, 0.6) is 0 Å². The molecule has 0 aliphatic heterocycles. The summed E-state index contributed by atoms with van der Waals surface area (Å²) in [5.41, 5.74) is 0.458. The Labute approximate surface area is 115 Å². The molecule has 0 saturated carbocycles. The highest BCUT2D eigenvalue weighted by Gasteiger charge is 2.14. The standard InChI is InChI=1S/C14H16N2O4/c1-2-20-14(19)7-10(17)9-16-12-6-4-3-5-11(12)13(18)8-15-16/h3-6,8,10,17H,2,7,9H2,1H3. The van der Waals surface area contributed by atoms with Crippen LogP contribution in [0.4, 0.5) is 0 Å². The van der Waals surface area contributed by atoms with Gasteiger partial charge in [0.1, 0.15) is 0 Å². The highest BCUT2D eigenvalue weighted by Crippen LogP contribution is 2.09. The van der Waals surface area contributed by atoms with E-state index >= 15 is 0 Å². The van der Waals surface area contributed by atoms with Gasteiger partial charge in [-0.3, -0.25) is 14.3 Å². The highest BCUT2D eigenvalue weighted by atomic mass is 16.5. The van der Waals surface area contributed by atoms with Crippen molar-refractivity contribution in [2.24, 2.45) is 0 Å². The number of carbonyl (C=O) groups excluding carboxylic acids is 1. The summed E-state index contributed by atoms with van der Waals surface area (Å²) in [5.74, 6) is -0.453. The Morgan fingerprint density at radius 1 is 1.45 bits per heavy atom. The first-order valence-electron chi connectivity index (χ1n) is 6.40. The van der Waals surface area contributed by atoms with Crippen molar-refractivity contribution in [2.45, 2.75) is 26.0 Å². The predicted molar refractivity (Wildman–Crippen MR) is 73.3 cm³/mol. The zero-order valence-corrected chi connectivity index (χ0v) is 11.2. The Kier molecular flexibility index (Phi) is 4.47. The molecule has 1 heterocycles. The van der Waals surface area contributed by atoms with E-state index in [1.54, 1.807) is 31.2 Å². The monoisotopic (exact) mass is 276 g/mol. The maximum atomic E-state index is 11.7. The average molecular weight is 276 g/mol. The van der Waals surface area contributed by atoms with Gasteiger partial charge in [0.25, 0.3) is 0 Å². The third kappa shape index (κ3) is 3.21. The van der Waals surface area contributed by atoms with E-state index < -0.39 is 12.1 Å². The van der Waals surface area contributed by atoms with E-state index in [2.05, 4.69) is 5.10 Å². The van der Waals surface area contributed by atoms with Crippen LogP contribution < -0.4 is 5.43 Å². The van der Waals surface area contributed by atoms with Gasteiger partial charge in [0.2, 0.25) is 5.43 Å². The van der Waals surface area contributed by atoms with Crippen LogP contribution in [0.2, 0.25) is 0 Å². The largest absolute Gasteiger partial charge is 0.466 e. The first kappa shape index (κ1) is 14.2. The number of fused-ring (bicyclic) bond motifs is 1. The minimum absolute atomic E-state index is 0.101. The summed E-state index contributed by atoms with van der Waals surface area (Å²) in [5, 5.41) is 14.4. The number of para-hydroxylation sites is 1. The third-order valence-corrected chi connectivity index (χ3v) is 2.85. The maximum Gasteiger partial charge on any atom is 0.308 e. The smallest absolute Gasteiger partial charge is 0.308 e. The number of rotatable bonds is 5. The maximum absolute atomic E-state index is 11.7. The Morgan fingerprint density at radius 3 is 2.95 bits per heavy atom. The summed E-state index contributed by atoms with van der Waals surface area (Å²) >= 11 is 0. The van der Waals surface area contributed by atoms with E-state index in [4.69, 9.17) is 4.74 Å². The topological polar surface area (TPSA) is 81.4 Å². The van der Waals surface area contributed by atoms with Gasteiger partial charge in [-0.15, -0.1) is 0 Å². The van der Waals surface area contributed by atoms with E-state index in [9.17, 15) is 14.7 Å². The molecule has 0 fully saturated rings. The van der Waals surface area contributed by atoms with Crippen molar-refractivity contribution < 1.29 is 14.6 Å². The van der Waals surface area contributed by atoms with Gasteiger partial charge in [-0.1, -0.05) is 12.1 Å². The molecule has 1 unspecified atom stereocenters. The number of ether oxygens (including phenoxy) is 1. The summed E-state index contributed by atoms with van der Waals surface area (Å²) in [7, 11) is 0. The Bertz CT molecular complexity index is 666. The van der Waals surface area contributed by atoms with Gasteiger partial charge in [-0.25, -0.2) is 0 Å². The van der Waals surface area contributed by atoms with E-state index in [1.165, 1.54) is 10.9 Å². The number of benzene rings is 1. The molecule has 20 heavy (non-hydrogen) atoms. The van der Waals surface area contributed by atoms with Gasteiger partial charge in [-0.05, 0) is 19.1 Å². The number of nitrogens with zero attached hydrogens (tertiary/aromatic N) is 2. The van der Waals surface area contributed by atoms with Crippen molar-refractivity contribution in [1.82, 2.24) is 9.78 Å². The molecule has 0 saturated heterocycles. The molecule has 1 N–H and O–H groups in total. The average Bonchev–Trinajstić information content (AvgIpc) is 2.42. The molecule has 106 valence electrons. The van der Waals surface area contributed by atoms with E-state index in [0.717, 1.165) is 0 Å². The summed E-state index contributed by atoms with van der Waals surface area (Å²) in [6.45, 7) is 2.12. The fourth-order valence-corrected chi connectivity index (χ4v) is 1.98. The lowest BCUT2D eigenvalue weighted by Crippen LogP contribution is -2.24. The molecule has 0 aliphatic carbocycles. The van der Waals surface area contributed by atoms with Gasteiger partial charge in [-0.2, -0.15) is 5.10 Å². The number of aromatic nitrogens is 2. The molecule has 1 atom stereocenters. The second-order valence-electron chi connectivity index (χ2n) is 4.37. The van der Waals surface area contributed by atoms with Crippen LogP contribution in [0, 0.1) is 0 Å². The van der Waals surface area contributed by atoms with Gasteiger partial charge in [0.05, 0.1) is 37.4 Å². The number of esters is 1. The zero-order valence-electron chi connectivity index (χ0n) is 11.2. The number of carbonyl (C=O) groups is 1. The summed E-state index contributed by atoms with van der Waals surface area (Å²) in [6, 6.07) is 7.01. The minimum atomic E-state index is -0.910. The summed E-state index contributed by atoms with van der Waals surface area (Å²) < 4.78 is 6.29. The lowest BCUT2D eigenvalue weighted by molar-refractivity contribution is -0.145. The van der Waals surface area contributed by atoms with Gasteiger partial charge < -0.3 is 9.84 Å². The fourth-order valence-electron chi connectivity index (χ4n) is 1.98. The molecule has 6 nitrogen and oxygen atoms in total. The fraction of sp³-hybridized carbons (Fsp3) is 0.357. The molecule has 0 amide bonds. The van der Waals surface area contributed by atoms with Crippen molar-refractivity contribution in [2.75, 3.05) is 6.61 Å². The van der Waals surface area contributed by atoms with Crippen molar-refractivity contribution in [3.8, 4) is 0 Å². The lowest BCUT2D eigenvalue weighted by Gasteiger charge is -2.13. The van der Waals surface area contributed by atoms with Crippen molar-refractivity contribution in [3.63, 3.8) is 0 Å². The third-order valence-electron chi connectivity index (χ3n) is 2.85. The minimum Gasteiger partial charge on any atom is -0.466 e. The quantitative estimate of drug-likeness (QED) is 0.813. The zero-order chi connectivity index (χ0) is 14.5. The van der Waals surface area contributed by atoms with Crippen LogP contribution in [-0.4, -0.2) is 33.6 Å². The van der Waals surface area contributed by atoms with Crippen LogP contribution in [0.25, 0.3) is 10.9 Å². The molecule has 1 aromatic carbocycles. The van der Waals surface area contributed by atoms with Crippen LogP contribution >= 0.6 is 0 Å². The highest BCUT2D eigenvalue weighted by molar-refractivity contribution is 5.78. The van der Waals surface area contributed by atoms with Gasteiger partial charge in [0, 0.05) is 5.39 Å². The Balaban J connectivity index is 2.20. The van der Waals surface area contributed by atoms with Crippen LogP contribution in [-0.2, 0) is 16.1 Å². The molecular weight excluding hydrogens is 260 g/mol. The second kappa shape index (κ2) is 6.29. The van der Waals surface area contributed by atoms with Crippen molar-refractivity contribution in [3.05, 3.63) is 40.7 Å². The molecule has 6 heteroatoms. The number of aliphatic hydroxyl groups is 1. The lowest BCUT2D eigenvalue weighted by atomic mass is 10.2. The molecule has 0 aliphatic rings. The van der Waals surface area contributed by atoms with Gasteiger partial charge >= 0.3 is 5.97 Å². The number of hydrogen-bond acceptors (Lipinski definition) is 5. The molecular formula is C14H16N2O4. The first-order valence-corrected chi connectivity index (χ1v) is 6.40. The van der Waals surface area contributed by atoms with E-state index in [-0.39, 0.29) is 25.0 Å². The van der Waals surface area contributed by atoms with Crippen LogP contribution in [0.15, 0.2) is 35.3 Å². The van der Waals surface area contributed by atoms with Crippen molar-refractivity contribution in [1.29, 1.82) is 0 Å². The summed E-state index contributed by atoms with van der Waals surface area (Å²) in [6.07, 6.45) is 0.197. The molecule has 2 aromatic rings. The van der Waals surface area contributed by atoms with Crippen LogP contribution in [0.1, 0.15) is 13.3 Å². The van der Waals surface area contributed by atoms with E-state index in [1.807, 2.05) is 0 Å². The predicted octanol–water partition coefficient (Wildman–Crippen LogP) is 0.711. The van der Waals surface area contributed by atoms with Gasteiger partial charge in [0.15, 0.2) is 0 Å². The first-order chi connectivity index (χ1) is 9.61. The second-order valence-corrected chi connectivity index (χ2v) is 4.37. The summed E-state index contributed by atoms with van der Waals surface area (Å²) in [4.78, 5) is 23.0.